The van der Waals surface area contributed by atoms with E-state index in [2.05, 4.69) is 9.97 Å². The van der Waals surface area contributed by atoms with Gasteiger partial charge in [0.05, 0.1) is 6.20 Å². The molecule has 5 heteroatoms. The zero-order valence-corrected chi connectivity index (χ0v) is 7.04. The van der Waals surface area contributed by atoms with E-state index in [-0.39, 0.29) is 5.69 Å². The number of pyridine rings is 1. The van der Waals surface area contributed by atoms with Gasteiger partial charge in [-0.25, -0.2) is 14.8 Å². The Morgan fingerprint density at radius 3 is 2.93 bits per heavy atom. The lowest BCUT2D eigenvalue weighted by atomic mass is 10.3. The van der Waals surface area contributed by atoms with Crippen molar-refractivity contribution in [1.82, 2.24) is 9.97 Å². The van der Waals surface area contributed by atoms with E-state index in [9.17, 15) is 4.79 Å². The number of hydrogen-bond donors (Lipinski definition) is 1. The van der Waals surface area contributed by atoms with Gasteiger partial charge in [-0.15, -0.1) is 0 Å². The number of carbonyl (C=O) groups is 1. The third-order valence-electron chi connectivity index (χ3n) is 1.62. The molecular formula is C9H6N2O3. The first-order valence-electron chi connectivity index (χ1n) is 3.87. The molecule has 0 radical (unpaired) electrons. The summed E-state index contributed by atoms with van der Waals surface area (Å²) in [5.74, 6) is -0.758. The molecule has 0 aromatic carbocycles. The van der Waals surface area contributed by atoms with Gasteiger partial charge < -0.3 is 9.52 Å². The Bertz CT molecular complexity index is 451. The van der Waals surface area contributed by atoms with E-state index in [1.165, 1.54) is 18.5 Å². The van der Waals surface area contributed by atoms with Crippen LogP contribution in [0.5, 0.6) is 0 Å². The third-order valence-corrected chi connectivity index (χ3v) is 1.62. The molecule has 0 spiro atoms. The number of oxazole rings is 1. The van der Waals surface area contributed by atoms with Crippen molar-refractivity contribution < 1.29 is 14.3 Å². The van der Waals surface area contributed by atoms with E-state index in [1.54, 1.807) is 12.1 Å². The maximum absolute atomic E-state index is 10.6. The summed E-state index contributed by atoms with van der Waals surface area (Å²) in [7, 11) is 0. The monoisotopic (exact) mass is 190 g/mol. The van der Waals surface area contributed by atoms with E-state index in [1.807, 2.05) is 0 Å². The minimum absolute atomic E-state index is 0.0271. The molecule has 0 unspecified atom stereocenters. The number of aromatic carboxylic acids is 1. The van der Waals surface area contributed by atoms with Gasteiger partial charge in [-0.3, -0.25) is 0 Å². The van der Waals surface area contributed by atoms with Crippen LogP contribution in [0.1, 0.15) is 10.5 Å². The smallest absolute Gasteiger partial charge is 0.354 e. The molecule has 1 N–H and O–H groups in total. The largest absolute Gasteiger partial charge is 0.477 e. The first-order chi connectivity index (χ1) is 6.77. The van der Waals surface area contributed by atoms with Crippen molar-refractivity contribution in [2.24, 2.45) is 0 Å². The van der Waals surface area contributed by atoms with Crippen LogP contribution in [0.3, 0.4) is 0 Å². The molecule has 2 heterocycles. The van der Waals surface area contributed by atoms with E-state index < -0.39 is 5.97 Å². The molecule has 2 rings (SSSR count). The van der Waals surface area contributed by atoms with E-state index in [0.29, 0.717) is 11.6 Å². The minimum Gasteiger partial charge on any atom is -0.477 e. The average Bonchev–Trinajstić information content (AvgIpc) is 2.71. The summed E-state index contributed by atoms with van der Waals surface area (Å²) >= 11 is 0. The Labute approximate surface area is 79.0 Å². The molecule has 0 amide bonds. The van der Waals surface area contributed by atoms with Gasteiger partial charge in [-0.1, -0.05) is 6.07 Å². The highest BCUT2D eigenvalue weighted by Gasteiger charge is 2.08. The second-order valence-electron chi connectivity index (χ2n) is 2.55. The van der Waals surface area contributed by atoms with E-state index >= 15 is 0 Å². The summed E-state index contributed by atoms with van der Waals surface area (Å²) in [5.41, 5.74) is 0.385. The van der Waals surface area contributed by atoms with Crippen molar-refractivity contribution in [2.75, 3.05) is 0 Å². The van der Waals surface area contributed by atoms with Crippen molar-refractivity contribution in [3.63, 3.8) is 0 Å². The Balaban J connectivity index is 2.46. The van der Waals surface area contributed by atoms with Crippen molar-refractivity contribution in [2.45, 2.75) is 0 Å². The van der Waals surface area contributed by atoms with Gasteiger partial charge in [-0.05, 0) is 12.1 Å². The van der Waals surface area contributed by atoms with Gasteiger partial charge in [0.1, 0.15) is 17.7 Å². The maximum Gasteiger partial charge on any atom is 0.354 e. The Morgan fingerprint density at radius 2 is 2.29 bits per heavy atom. The predicted octanol–water partition coefficient (Wildman–Crippen LogP) is 1.43. The summed E-state index contributed by atoms with van der Waals surface area (Å²) in [6.07, 6.45) is 2.88. The molecule has 0 saturated carbocycles. The molecular weight excluding hydrogens is 184 g/mol. The zero-order valence-electron chi connectivity index (χ0n) is 7.04. The molecule has 0 aliphatic rings. The van der Waals surface area contributed by atoms with Crippen molar-refractivity contribution in [3.05, 3.63) is 36.4 Å². The number of nitrogens with zero attached hydrogens (tertiary/aromatic N) is 2. The van der Waals surface area contributed by atoms with E-state index in [4.69, 9.17) is 9.52 Å². The Kier molecular flexibility index (Phi) is 1.98. The standard InChI is InChI=1S/C9H6N2O3/c12-9(13)7-3-1-2-6(11-7)8-10-4-5-14-8/h1-5H,(H,12,13). The molecule has 2 aromatic rings. The third kappa shape index (κ3) is 1.47. The number of hydrogen-bond acceptors (Lipinski definition) is 4. The number of carboxylic acids is 1. The normalized spacial score (nSPS) is 10.0. The van der Waals surface area contributed by atoms with Crippen molar-refractivity contribution in [3.8, 4) is 11.6 Å². The van der Waals surface area contributed by atoms with Gasteiger partial charge in [-0.2, -0.15) is 0 Å². The second-order valence-corrected chi connectivity index (χ2v) is 2.55. The molecule has 0 bridgehead atoms. The second kappa shape index (κ2) is 3.29. The summed E-state index contributed by atoms with van der Waals surface area (Å²) in [6, 6.07) is 4.64. The van der Waals surface area contributed by atoms with Gasteiger partial charge in [0.15, 0.2) is 0 Å². The summed E-state index contributed by atoms with van der Waals surface area (Å²) in [5, 5.41) is 8.69. The Morgan fingerprint density at radius 1 is 1.43 bits per heavy atom. The minimum atomic E-state index is -1.07. The molecule has 0 saturated heterocycles. The van der Waals surface area contributed by atoms with Crippen molar-refractivity contribution in [1.29, 1.82) is 0 Å². The fraction of sp³-hybridized carbons (Fsp3) is 0. The molecule has 0 aliphatic carbocycles. The van der Waals surface area contributed by atoms with Crippen LogP contribution in [0, 0.1) is 0 Å². The predicted molar refractivity (Wildman–Crippen MR) is 46.7 cm³/mol. The zero-order chi connectivity index (χ0) is 9.97. The first kappa shape index (κ1) is 8.43. The van der Waals surface area contributed by atoms with E-state index in [0.717, 1.165) is 0 Å². The molecule has 14 heavy (non-hydrogen) atoms. The first-order valence-corrected chi connectivity index (χ1v) is 3.87. The van der Waals surface area contributed by atoms with Crippen LogP contribution < -0.4 is 0 Å². The van der Waals surface area contributed by atoms with Crippen LogP contribution in [0.15, 0.2) is 35.1 Å². The van der Waals surface area contributed by atoms with Crippen LogP contribution in [0.4, 0.5) is 0 Å². The molecule has 70 valence electrons. The SMILES string of the molecule is O=C(O)c1cccc(-c2ncco2)n1. The average molecular weight is 190 g/mol. The van der Waals surface area contributed by atoms with Crippen molar-refractivity contribution >= 4 is 5.97 Å². The maximum atomic E-state index is 10.6. The summed E-state index contributed by atoms with van der Waals surface area (Å²) < 4.78 is 4.99. The highest BCUT2D eigenvalue weighted by molar-refractivity contribution is 5.85. The molecule has 0 aliphatic heterocycles. The van der Waals surface area contributed by atoms with Crippen LogP contribution in [0.25, 0.3) is 11.6 Å². The quantitative estimate of drug-likeness (QED) is 0.775. The van der Waals surface area contributed by atoms with Crippen LogP contribution in [-0.2, 0) is 0 Å². The molecule has 2 aromatic heterocycles. The lowest BCUT2D eigenvalue weighted by molar-refractivity contribution is 0.0690. The van der Waals surface area contributed by atoms with Crippen LogP contribution in [-0.4, -0.2) is 21.0 Å². The summed E-state index contributed by atoms with van der Waals surface area (Å²) in [4.78, 5) is 18.3. The highest BCUT2D eigenvalue weighted by Crippen LogP contribution is 2.13. The molecule has 0 atom stereocenters. The highest BCUT2D eigenvalue weighted by atomic mass is 16.4. The van der Waals surface area contributed by atoms with Gasteiger partial charge in [0.2, 0.25) is 5.89 Å². The number of rotatable bonds is 2. The lowest BCUT2D eigenvalue weighted by Gasteiger charge is -1.96. The van der Waals surface area contributed by atoms with Crippen LogP contribution in [0.2, 0.25) is 0 Å². The fourth-order valence-corrected chi connectivity index (χ4v) is 1.02. The Hall–Kier alpha value is -2.17. The fourth-order valence-electron chi connectivity index (χ4n) is 1.02. The van der Waals surface area contributed by atoms with Crippen LogP contribution >= 0.6 is 0 Å². The number of carboxylic acid groups (broad SMARTS) is 1. The molecule has 0 fully saturated rings. The van der Waals surface area contributed by atoms with Gasteiger partial charge in [0, 0.05) is 0 Å². The molecule has 5 nitrogen and oxygen atoms in total. The van der Waals surface area contributed by atoms with Gasteiger partial charge in [0.25, 0.3) is 0 Å². The summed E-state index contributed by atoms with van der Waals surface area (Å²) in [6.45, 7) is 0. The van der Waals surface area contributed by atoms with Gasteiger partial charge >= 0.3 is 5.97 Å². The lowest BCUT2D eigenvalue weighted by Crippen LogP contribution is -2.00. The number of aromatic nitrogens is 2. The topological polar surface area (TPSA) is 76.2 Å².